The molecule has 0 aromatic carbocycles. The van der Waals surface area contributed by atoms with Crippen molar-refractivity contribution in [3.8, 4) is 0 Å². The first kappa shape index (κ1) is 10.5. The summed E-state index contributed by atoms with van der Waals surface area (Å²) in [7, 11) is 0. The van der Waals surface area contributed by atoms with Crippen LogP contribution in [0.25, 0.3) is 0 Å². The molecule has 1 fully saturated rings. The lowest BCUT2D eigenvalue weighted by Crippen LogP contribution is -2.26. The van der Waals surface area contributed by atoms with E-state index in [-0.39, 0.29) is 12.4 Å². The summed E-state index contributed by atoms with van der Waals surface area (Å²) in [4.78, 5) is 0. The van der Waals surface area contributed by atoms with Gasteiger partial charge in [-0.1, -0.05) is 12.8 Å². The fourth-order valence-electron chi connectivity index (χ4n) is 1.43. The summed E-state index contributed by atoms with van der Waals surface area (Å²) < 4.78 is 0. The van der Waals surface area contributed by atoms with Crippen molar-refractivity contribution < 1.29 is 0 Å². The van der Waals surface area contributed by atoms with Gasteiger partial charge >= 0.3 is 0 Å². The Bertz CT molecular complexity index is 87.7. The van der Waals surface area contributed by atoms with Gasteiger partial charge in [-0.15, -0.1) is 24.0 Å². The van der Waals surface area contributed by atoms with Crippen LogP contribution in [0.5, 0.6) is 0 Å². The zero-order valence-corrected chi connectivity index (χ0v) is 7.63. The number of rotatable bonds is 1. The minimum atomic E-state index is 0. The van der Waals surface area contributed by atoms with E-state index in [4.69, 9.17) is 17.3 Å². The van der Waals surface area contributed by atoms with Crippen molar-refractivity contribution in [2.45, 2.75) is 31.1 Å². The third kappa shape index (κ3) is 2.65. The molecule has 1 aliphatic rings. The van der Waals surface area contributed by atoms with Crippen molar-refractivity contribution in [3.05, 3.63) is 0 Å². The lowest BCUT2D eigenvalue weighted by atomic mass is 9.89. The Morgan fingerprint density at radius 2 is 1.90 bits per heavy atom. The van der Waals surface area contributed by atoms with Crippen molar-refractivity contribution in [2.75, 3.05) is 6.54 Å². The summed E-state index contributed by atoms with van der Waals surface area (Å²) >= 11 is 6.00. The molecule has 0 radical (unpaired) electrons. The van der Waals surface area contributed by atoms with Crippen molar-refractivity contribution in [1.82, 2.24) is 0 Å². The van der Waals surface area contributed by atoms with Gasteiger partial charge in [0.1, 0.15) is 0 Å². The summed E-state index contributed by atoms with van der Waals surface area (Å²) in [5.41, 5.74) is 5.51. The highest BCUT2D eigenvalue weighted by atomic mass is 35.5. The molecule has 2 N–H and O–H groups in total. The fourth-order valence-corrected chi connectivity index (χ4v) is 1.81. The molecule has 0 aliphatic heterocycles. The molecule has 1 nitrogen and oxygen atoms in total. The first-order valence-corrected chi connectivity index (χ1v) is 4.12. The highest BCUT2D eigenvalue weighted by Crippen LogP contribution is 2.27. The van der Waals surface area contributed by atoms with Gasteiger partial charge in [-0.2, -0.15) is 0 Å². The third-order valence-electron chi connectivity index (χ3n) is 2.12. The van der Waals surface area contributed by atoms with Crippen LogP contribution >= 0.6 is 24.0 Å². The second-order valence-electron chi connectivity index (χ2n) is 2.80. The van der Waals surface area contributed by atoms with E-state index in [0.717, 1.165) is 6.54 Å². The molecule has 0 bridgehead atoms. The highest BCUT2D eigenvalue weighted by molar-refractivity contribution is 6.20. The number of halogens is 2. The van der Waals surface area contributed by atoms with Gasteiger partial charge in [-0.05, 0) is 25.3 Å². The Balaban J connectivity index is 0.000000810. The fraction of sp³-hybridized carbons (Fsp3) is 1.00. The number of alkyl halides is 1. The standard InChI is InChI=1S/C7H14ClN.ClH/c8-7-4-2-1-3-6(7)5-9;/h6-7H,1-5,9H2;1H. The second-order valence-corrected chi connectivity index (χ2v) is 3.36. The summed E-state index contributed by atoms with van der Waals surface area (Å²) in [6.45, 7) is 0.772. The normalized spacial score (nSPS) is 33.0. The average Bonchev–Trinajstić information content (AvgIpc) is 1.89. The topological polar surface area (TPSA) is 26.0 Å². The van der Waals surface area contributed by atoms with Gasteiger partial charge in [-0.25, -0.2) is 0 Å². The zero-order valence-electron chi connectivity index (χ0n) is 6.05. The molecule has 0 saturated heterocycles. The number of hydrogen-bond acceptors (Lipinski definition) is 1. The van der Waals surface area contributed by atoms with E-state index in [1.54, 1.807) is 0 Å². The van der Waals surface area contributed by atoms with Crippen molar-refractivity contribution >= 4 is 24.0 Å². The smallest absolute Gasteiger partial charge is 0.0376 e. The van der Waals surface area contributed by atoms with Gasteiger partial charge in [0.2, 0.25) is 0 Å². The van der Waals surface area contributed by atoms with Crippen LogP contribution in [0.1, 0.15) is 25.7 Å². The molecular formula is C7H15Cl2N. The van der Waals surface area contributed by atoms with Crippen LogP contribution < -0.4 is 5.73 Å². The van der Waals surface area contributed by atoms with E-state index in [1.165, 1.54) is 25.7 Å². The summed E-state index contributed by atoms with van der Waals surface area (Å²) in [6.07, 6.45) is 5.03. The molecule has 62 valence electrons. The molecule has 1 aliphatic carbocycles. The van der Waals surface area contributed by atoms with Crippen molar-refractivity contribution in [2.24, 2.45) is 11.7 Å². The van der Waals surface area contributed by atoms with Crippen LogP contribution in [0, 0.1) is 5.92 Å². The molecule has 0 heterocycles. The molecule has 2 unspecified atom stereocenters. The van der Waals surface area contributed by atoms with E-state index >= 15 is 0 Å². The molecule has 10 heavy (non-hydrogen) atoms. The van der Waals surface area contributed by atoms with Crippen LogP contribution in [0.15, 0.2) is 0 Å². The van der Waals surface area contributed by atoms with Gasteiger partial charge in [0.05, 0.1) is 0 Å². The molecule has 0 spiro atoms. The molecule has 1 rings (SSSR count). The van der Waals surface area contributed by atoms with E-state index in [1.807, 2.05) is 0 Å². The van der Waals surface area contributed by atoms with E-state index < -0.39 is 0 Å². The van der Waals surface area contributed by atoms with Crippen LogP contribution in [-0.2, 0) is 0 Å². The summed E-state index contributed by atoms with van der Waals surface area (Å²) in [5.74, 6) is 0.598. The quantitative estimate of drug-likeness (QED) is 0.621. The second kappa shape index (κ2) is 5.22. The number of nitrogens with two attached hydrogens (primary N) is 1. The highest BCUT2D eigenvalue weighted by Gasteiger charge is 2.20. The summed E-state index contributed by atoms with van der Waals surface area (Å²) in [5, 5.41) is 0.365. The molecule has 1 saturated carbocycles. The SMILES string of the molecule is Cl.NCC1CCCCC1Cl. The summed E-state index contributed by atoms with van der Waals surface area (Å²) in [6, 6.07) is 0. The Hall–Kier alpha value is 0.540. The van der Waals surface area contributed by atoms with Crippen LogP contribution in [-0.4, -0.2) is 11.9 Å². The van der Waals surface area contributed by atoms with Crippen molar-refractivity contribution in [1.29, 1.82) is 0 Å². The molecular weight excluding hydrogens is 169 g/mol. The minimum absolute atomic E-state index is 0. The average molecular weight is 184 g/mol. The van der Waals surface area contributed by atoms with E-state index in [2.05, 4.69) is 0 Å². The Morgan fingerprint density at radius 3 is 2.30 bits per heavy atom. The zero-order chi connectivity index (χ0) is 6.69. The van der Waals surface area contributed by atoms with Crippen LogP contribution in [0.3, 0.4) is 0 Å². The molecule has 2 atom stereocenters. The first-order chi connectivity index (χ1) is 4.34. The molecule has 0 aromatic heterocycles. The number of hydrogen-bond donors (Lipinski definition) is 1. The molecule has 0 amide bonds. The Kier molecular flexibility index (Phi) is 5.51. The van der Waals surface area contributed by atoms with Crippen molar-refractivity contribution in [3.63, 3.8) is 0 Å². The Morgan fingerprint density at radius 1 is 1.30 bits per heavy atom. The van der Waals surface area contributed by atoms with Gasteiger partial charge < -0.3 is 5.73 Å². The van der Waals surface area contributed by atoms with E-state index in [9.17, 15) is 0 Å². The monoisotopic (exact) mass is 183 g/mol. The lowest BCUT2D eigenvalue weighted by Gasteiger charge is -2.25. The van der Waals surface area contributed by atoms with Gasteiger partial charge in [0.25, 0.3) is 0 Å². The minimum Gasteiger partial charge on any atom is -0.330 e. The van der Waals surface area contributed by atoms with Gasteiger partial charge in [0.15, 0.2) is 0 Å². The molecule has 3 heteroatoms. The maximum atomic E-state index is 6.00. The van der Waals surface area contributed by atoms with Crippen LogP contribution in [0.4, 0.5) is 0 Å². The predicted molar refractivity (Wildman–Crippen MR) is 47.9 cm³/mol. The van der Waals surface area contributed by atoms with Gasteiger partial charge in [-0.3, -0.25) is 0 Å². The largest absolute Gasteiger partial charge is 0.330 e. The first-order valence-electron chi connectivity index (χ1n) is 3.68. The lowest BCUT2D eigenvalue weighted by molar-refractivity contribution is 0.373. The third-order valence-corrected chi connectivity index (χ3v) is 2.69. The Labute approximate surface area is 73.7 Å². The van der Waals surface area contributed by atoms with Gasteiger partial charge in [0, 0.05) is 5.38 Å². The van der Waals surface area contributed by atoms with E-state index in [0.29, 0.717) is 11.3 Å². The maximum absolute atomic E-state index is 6.00. The molecule has 0 aromatic rings. The van der Waals surface area contributed by atoms with Crippen LogP contribution in [0.2, 0.25) is 0 Å². The predicted octanol–water partition coefficient (Wildman–Crippen LogP) is 2.16. The maximum Gasteiger partial charge on any atom is 0.0376 e.